The average molecular weight is 795 g/mol. The van der Waals surface area contributed by atoms with Crippen LogP contribution in [-0.4, -0.2) is 56.7 Å². The second-order valence-electron chi connectivity index (χ2n) is 13.5. The van der Waals surface area contributed by atoms with E-state index < -0.39 is 30.2 Å². The standard InChI is InChI=1S/C48H46N2O9/c1-5-7-8-9-10-11-12-13-36-22-28-43(29-23-36)55-33-44(34-57-46(52)35(3)4)59-48(54)50-42-26-20-38(21-27-42)30-37-18-24-41(25-19-37)49-47(53)58-32-40-16-14-39(15-17-40)31-56-45(51)6-2/h6,18-29,39-40,44H,2-3,14-17,30-34H2,1,4H3,(H,49,53)(H,50,54). The highest BCUT2D eigenvalue weighted by Gasteiger charge is 2.23. The van der Waals surface area contributed by atoms with Crippen LogP contribution in [0, 0.1) is 59.2 Å². The number of nitrogens with one attached hydrogen (secondary N) is 2. The molecule has 1 aliphatic rings. The summed E-state index contributed by atoms with van der Waals surface area (Å²) in [6.45, 7) is 10.6. The van der Waals surface area contributed by atoms with Crippen LogP contribution in [0.4, 0.5) is 21.0 Å². The predicted octanol–water partition coefficient (Wildman–Crippen LogP) is 7.86. The predicted molar refractivity (Wildman–Crippen MR) is 225 cm³/mol. The maximum atomic E-state index is 12.9. The number of hydrogen-bond acceptors (Lipinski definition) is 9. The zero-order valence-electron chi connectivity index (χ0n) is 33.2. The SMILES string of the molecule is C=CC(=O)OCC1CCC(COC(=O)Nc2ccc(Cc3ccc(NC(=O)OC(COC(=O)C(=C)C)COc4ccc(C#CC#CC#CC#CC)cc4)cc3)cc2)CC1. The molecule has 0 radical (unpaired) electrons. The van der Waals surface area contributed by atoms with Gasteiger partial charge >= 0.3 is 24.1 Å². The van der Waals surface area contributed by atoms with Crippen molar-refractivity contribution < 1.29 is 42.9 Å². The van der Waals surface area contributed by atoms with Gasteiger partial charge in [0.1, 0.15) is 19.0 Å². The molecule has 2 N–H and O–H groups in total. The first-order valence-corrected chi connectivity index (χ1v) is 19.0. The van der Waals surface area contributed by atoms with E-state index >= 15 is 0 Å². The Kier molecular flexibility index (Phi) is 18.3. The Morgan fingerprint density at radius 3 is 1.81 bits per heavy atom. The summed E-state index contributed by atoms with van der Waals surface area (Å²) in [6, 6.07) is 21.7. The quantitative estimate of drug-likeness (QED) is 0.0643. The molecule has 302 valence electrons. The molecule has 1 unspecified atom stereocenters. The van der Waals surface area contributed by atoms with Crippen molar-refractivity contribution >= 4 is 35.5 Å². The van der Waals surface area contributed by atoms with Gasteiger partial charge in [0.05, 0.1) is 13.2 Å². The van der Waals surface area contributed by atoms with Crippen LogP contribution in [0.15, 0.2) is 97.6 Å². The van der Waals surface area contributed by atoms with Gasteiger partial charge in [-0.1, -0.05) is 49.3 Å². The molecule has 1 saturated carbocycles. The summed E-state index contributed by atoms with van der Waals surface area (Å²) in [6.07, 6.45) is 3.24. The summed E-state index contributed by atoms with van der Waals surface area (Å²) in [4.78, 5) is 48.7. The first kappa shape index (κ1) is 44.4. The largest absolute Gasteiger partial charge is 0.490 e. The van der Waals surface area contributed by atoms with E-state index in [4.69, 9.17) is 23.7 Å². The summed E-state index contributed by atoms with van der Waals surface area (Å²) >= 11 is 0. The Morgan fingerprint density at radius 1 is 0.712 bits per heavy atom. The molecule has 3 aromatic carbocycles. The van der Waals surface area contributed by atoms with Crippen molar-refractivity contribution in [2.24, 2.45) is 11.8 Å². The van der Waals surface area contributed by atoms with Gasteiger partial charge in [0.2, 0.25) is 0 Å². The molecular formula is C48H46N2O9. The molecule has 0 aromatic heterocycles. The maximum absolute atomic E-state index is 12.9. The number of rotatable bonds is 16. The van der Waals surface area contributed by atoms with Gasteiger partial charge in [0, 0.05) is 28.6 Å². The second-order valence-corrected chi connectivity index (χ2v) is 13.5. The van der Waals surface area contributed by atoms with Gasteiger partial charge < -0.3 is 23.7 Å². The molecule has 4 rings (SSSR count). The fourth-order valence-electron chi connectivity index (χ4n) is 5.64. The molecule has 0 bridgehead atoms. The highest BCUT2D eigenvalue weighted by Crippen LogP contribution is 2.29. The molecule has 1 fully saturated rings. The van der Waals surface area contributed by atoms with Crippen molar-refractivity contribution in [3.63, 3.8) is 0 Å². The Hall–Kier alpha value is -7.34. The molecular weight excluding hydrogens is 749 g/mol. The Labute approximate surface area is 345 Å². The Morgan fingerprint density at radius 2 is 1.25 bits per heavy atom. The first-order chi connectivity index (χ1) is 28.6. The van der Waals surface area contributed by atoms with Crippen molar-refractivity contribution in [1.29, 1.82) is 0 Å². The lowest BCUT2D eigenvalue weighted by Gasteiger charge is -2.27. The van der Waals surface area contributed by atoms with Crippen molar-refractivity contribution in [1.82, 2.24) is 0 Å². The molecule has 0 heterocycles. The zero-order valence-corrected chi connectivity index (χ0v) is 33.2. The smallest absolute Gasteiger partial charge is 0.412 e. The third-order valence-electron chi connectivity index (χ3n) is 8.81. The number of amides is 2. The molecule has 59 heavy (non-hydrogen) atoms. The number of carbonyl (C=O) groups excluding carboxylic acids is 4. The third-order valence-corrected chi connectivity index (χ3v) is 8.81. The molecule has 0 aliphatic heterocycles. The van der Waals surface area contributed by atoms with E-state index in [2.05, 4.69) is 71.2 Å². The van der Waals surface area contributed by atoms with Crippen LogP contribution in [0.25, 0.3) is 0 Å². The van der Waals surface area contributed by atoms with E-state index in [1.807, 2.05) is 36.4 Å². The highest BCUT2D eigenvalue weighted by molar-refractivity contribution is 5.87. The van der Waals surface area contributed by atoms with Gasteiger partial charge in [0.25, 0.3) is 0 Å². The van der Waals surface area contributed by atoms with E-state index in [-0.39, 0.29) is 24.7 Å². The summed E-state index contributed by atoms with van der Waals surface area (Å²) in [7, 11) is 0. The number of benzene rings is 3. The lowest BCUT2D eigenvalue weighted by molar-refractivity contribution is -0.142. The van der Waals surface area contributed by atoms with Crippen LogP contribution >= 0.6 is 0 Å². The van der Waals surface area contributed by atoms with Crippen molar-refractivity contribution in [2.75, 3.05) is 37.1 Å². The minimum absolute atomic E-state index is 0.0961. The van der Waals surface area contributed by atoms with Crippen LogP contribution in [0.2, 0.25) is 0 Å². The summed E-state index contributed by atoms with van der Waals surface area (Å²) in [5.74, 6) is 21.4. The zero-order chi connectivity index (χ0) is 42.2. The summed E-state index contributed by atoms with van der Waals surface area (Å²) in [5, 5.41) is 5.48. The van der Waals surface area contributed by atoms with Crippen molar-refractivity contribution in [3.05, 3.63) is 114 Å². The van der Waals surface area contributed by atoms with Gasteiger partial charge in [-0.05, 0) is 153 Å². The average Bonchev–Trinajstić information content (AvgIpc) is 3.24. The molecule has 0 saturated heterocycles. The molecule has 1 aliphatic carbocycles. The van der Waals surface area contributed by atoms with Gasteiger partial charge in [-0.3, -0.25) is 10.6 Å². The van der Waals surface area contributed by atoms with Gasteiger partial charge in [-0.15, -0.1) is 0 Å². The molecule has 0 spiro atoms. The lowest BCUT2D eigenvalue weighted by Crippen LogP contribution is -2.32. The summed E-state index contributed by atoms with van der Waals surface area (Å²) < 4.78 is 27.3. The van der Waals surface area contributed by atoms with Crippen LogP contribution in [-0.2, 0) is 35.0 Å². The number of ether oxygens (including phenoxy) is 5. The van der Waals surface area contributed by atoms with Gasteiger partial charge in [-0.25, -0.2) is 19.2 Å². The fourth-order valence-corrected chi connectivity index (χ4v) is 5.64. The number of hydrogen-bond donors (Lipinski definition) is 2. The normalized spacial score (nSPS) is 14.1. The molecule has 2 amide bonds. The van der Waals surface area contributed by atoms with E-state index in [0.717, 1.165) is 36.8 Å². The first-order valence-electron chi connectivity index (χ1n) is 19.0. The number of esters is 2. The van der Waals surface area contributed by atoms with E-state index in [0.29, 0.717) is 48.2 Å². The molecule has 11 heteroatoms. The number of carbonyl (C=O) groups is 4. The second kappa shape index (κ2) is 24.3. The minimum Gasteiger partial charge on any atom is -0.490 e. The van der Waals surface area contributed by atoms with Crippen molar-refractivity contribution in [3.8, 4) is 53.1 Å². The van der Waals surface area contributed by atoms with E-state index in [1.165, 1.54) is 13.0 Å². The molecule has 11 nitrogen and oxygen atoms in total. The fraction of sp³-hybridized carbons (Fsp3) is 0.292. The lowest BCUT2D eigenvalue weighted by atomic mass is 9.83. The minimum atomic E-state index is -0.932. The van der Waals surface area contributed by atoms with Crippen LogP contribution < -0.4 is 15.4 Å². The van der Waals surface area contributed by atoms with E-state index in [1.54, 1.807) is 43.3 Å². The Bertz CT molecular complexity index is 2190. The summed E-state index contributed by atoms with van der Waals surface area (Å²) in [5.41, 5.74) is 4.05. The van der Waals surface area contributed by atoms with Crippen LogP contribution in [0.1, 0.15) is 56.2 Å². The van der Waals surface area contributed by atoms with Gasteiger partial charge in [0.15, 0.2) is 6.10 Å². The van der Waals surface area contributed by atoms with Gasteiger partial charge in [-0.2, -0.15) is 0 Å². The topological polar surface area (TPSA) is 138 Å². The van der Waals surface area contributed by atoms with E-state index in [9.17, 15) is 19.2 Å². The molecule has 3 aromatic rings. The maximum Gasteiger partial charge on any atom is 0.412 e. The number of anilines is 2. The molecule has 1 atom stereocenters. The highest BCUT2D eigenvalue weighted by atomic mass is 16.6. The Balaban J connectivity index is 1.21. The van der Waals surface area contributed by atoms with Crippen LogP contribution in [0.5, 0.6) is 5.75 Å². The van der Waals surface area contributed by atoms with Crippen molar-refractivity contribution in [2.45, 2.75) is 52.1 Å². The monoisotopic (exact) mass is 794 g/mol. The third kappa shape index (κ3) is 17.1. The van der Waals surface area contributed by atoms with Crippen LogP contribution in [0.3, 0.4) is 0 Å².